The Labute approximate surface area is 95.7 Å². The molecule has 1 aromatic heterocycles. The number of piperidine rings is 1. The van der Waals surface area contributed by atoms with Gasteiger partial charge in [0.15, 0.2) is 0 Å². The highest BCUT2D eigenvalue weighted by Gasteiger charge is 2.29. The molecule has 2 rings (SSSR count). The Morgan fingerprint density at radius 1 is 1.56 bits per heavy atom. The fraction of sp³-hybridized carbons (Fsp3) is 0.500. The Bertz CT molecular complexity index is 392. The van der Waals surface area contributed by atoms with Gasteiger partial charge >= 0.3 is 0 Å². The van der Waals surface area contributed by atoms with Crippen LogP contribution in [0.5, 0.6) is 0 Å². The highest BCUT2D eigenvalue weighted by Crippen LogP contribution is 2.22. The van der Waals surface area contributed by atoms with Gasteiger partial charge in [0.25, 0.3) is 0 Å². The molecule has 1 aliphatic rings. The third kappa shape index (κ3) is 1.93. The Kier molecular flexibility index (Phi) is 3.19. The average Bonchev–Trinajstić information content (AvgIpc) is 2.31. The number of pyridine rings is 1. The predicted octanol–water partition coefficient (Wildman–Crippen LogP) is 1.10. The van der Waals surface area contributed by atoms with Gasteiger partial charge in [0.05, 0.1) is 17.4 Å². The van der Waals surface area contributed by atoms with Crippen LogP contribution in [0.4, 0.5) is 5.69 Å². The van der Waals surface area contributed by atoms with Crippen molar-refractivity contribution < 1.29 is 4.79 Å². The fourth-order valence-electron chi connectivity index (χ4n) is 2.14. The second-order valence-corrected chi connectivity index (χ2v) is 4.08. The van der Waals surface area contributed by atoms with E-state index < -0.39 is 0 Å². The second kappa shape index (κ2) is 4.61. The fourth-order valence-corrected chi connectivity index (χ4v) is 2.14. The SMILES string of the molecule is CNC1CCCN(c2cccnc2C)C1=O. The average molecular weight is 219 g/mol. The van der Waals surface area contributed by atoms with Crippen LogP contribution in [0.15, 0.2) is 18.3 Å². The summed E-state index contributed by atoms with van der Waals surface area (Å²) in [5.41, 5.74) is 1.85. The molecular weight excluding hydrogens is 202 g/mol. The van der Waals surface area contributed by atoms with E-state index >= 15 is 0 Å². The van der Waals surface area contributed by atoms with Gasteiger partial charge in [0, 0.05) is 12.7 Å². The minimum absolute atomic E-state index is 0.0478. The Hall–Kier alpha value is -1.42. The molecule has 0 bridgehead atoms. The van der Waals surface area contributed by atoms with Gasteiger partial charge in [-0.15, -0.1) is 0 Å². The van der Waals surface area contributed by atoms with Crippen molar-refractivity contribution in [1.82, 2.24) is 10.3 Å². The monoisotopic (exact) mass is 219 g/mol. The van der Waals surface area contributed by atoms with Gasteiger partial charge in [-0.1, -0.05) is 0 Å². The smallest absolute Gasteiger partial charge is 0.244 e. The van der Waals surface area contributed by atoms with Crippen LogP contribution >= 0.6 is 0 Å². The minimum Gasteiger partial charge on any atom is -0.309 e. The van der Waals surface area contributed by atoms with Gasteiger partial charge in [0.2, 0.25) is 5.91 Å². The Morgan fingerprint density at radius 2 is 2.38 bits per heavy atom. The van der Waals surface area contributed by atoms with Crippen LogP contribution in [0, 0.1) is 6.92 Å². The van der Waals surface area contributed by atoms with Crippen molar-refractivity contribution in [3.05, 3.63) is 24.0 Å². The topological polar surface area (TPSA) is 45.2 Å². The first-order chi connectivity index (χ1) is 7.74. The summed E-state index contributed by atoms with van der Waals surface area (Å²) < 4.78 is 0. The molecule has 2 heterocycles. The molecule has 1 fully saturated rings. The summed E-state index contributed by atoms with van der Waals surface area (Å²) in [6.07, 6.45) is 3.71. The molecule has 16 heavy (non-hydrogen) atoms. The summed E-state index contributed by atoms with van der Waals surface area (Å²) in [5, 5.41) is 3.06. The van der Waals surface area contributed by atoms with E-state index in [-0.39, 0.29) is 11.9 Å². The van der Waals surface area contributed by atoms with Crippen LogP contribution in [0.2, 0.25) is 0 Å². The van der Waals surface area contributed by atoms with Crippen LogP contribution in [0.1, 0.15) is 18.5 Å². The zero-order valence-corrected chi connectivity index (χ0v) is 9.73. The molecule has 1 aromatic rings. The number of hydrogen-bond acceptors (Lipinski definition) is 3. The third-order valence-electron chi connectivity index (χ3n) is 3.06. The summed E-state index contributed by atoms with van der Waals surface area (Å²) in [4.78, 5) is 18.2. The summed E-state index contributed by atoms with van der Waals surface area (Å²) in [6.45, 7) is 2.73. The maximum atomic E-state index is 12.1. The van der Waals surface area contributed by atoms with E-state index in [1.54, 1.807) is 6.20 Å². The number of aryl methyl sites for hydroxylation is 1. The lowest BCUT2D eigenvalue weighted by Gasteiger charge is -2.32. The van der Waals surface area contributed by atoms with Gasteiger partial charge in [-0.2, -0.15) is 0 Å². The van der Waals surface area contributed by atoms with Crippen LogP contribution in [-0.4, -0.2) is 30.5 Å². The number of carbonyl (C=O) groups excluding carboxylic acids is 1. The van der Waals surface area contributed by atoms with E-state index in [1.165, 1.54) is 0 Å². The first kappa shape index (κ1) is 11.1. The van der Waals surface area contributed by atoms with Gasteiger partial charge in [-0.05, 0) is 38.9 Å². The van der Waals surface area contributed by atoms with E-state index in [0.717, 1.165) is 30.8 Å². The summed E-state index contributed by atoms with van der Waals surface area (Å²) in [5.74, 6) is 0.157. The van der Waals surface area contributed by atoms with E-state index in [4.69, 9.17) is 0 Å². The van der Waals surface area contributed by atoms with Gasteiger partial charge in [-0.25, -0.2) is 0 Å². The number of nitrogens with one attached hydrogen (secondary N) is 1. The van der Waals surface area contributed by atoms with Crippen molar-refractivity contribution in [2.75, 3.05) is 18.5 Å². The number of anilines is 1. The van der Waals surface area contributed by atoms with Crippen molar-refractivity contribution in [2.24, 2.45) is 0 Å². The predicted molar refractivity (Wildman–Crippen MR) is 63.4 cm³/mol. The molecule has 1 unspecified atom stereocenters. The molecule has 86 valence electrons. The molecular formula is C12H17N3O. The number of rotatable bonds is 2. The first-order valence-electron chi connectivity index (χ1n) is 5.64. The van der Waals surface area contributed by atoms with Gasteiger partial charge in [0.1, 0.15) is 0 Å². The molecule has 0 aliphatic carbocycles. The van der Waals surface area contributed by atoms with Crippen molar-refractivity contribution in [3.63, 3.8) is 0 Å². The summed E-state index contributed by atoms with van der Waals surface area (Å²) >= 11 is 0. The third-order valence-corrected chi connectivity index (χ3v) is 3.06. The zero-order valence-electron chi connectivity index (χ0n) is 9.73. The maximum Gasteiger partial charge on any atom is 0.244 e. The highest BCUT2D eigenvalue weighted by atomic mass is 16.2. The van der Waals surface area contributed by atoms with Crippen LogP contribution in [-0.2, 0) is 4.79 Å². The molecule has 4 nitrogen and oxygen atoms in total. The molecule has 1 N–H and O–H groups in total. The normalized spacial score (nSPS) is 21.2. The standard InChI is InChI=1S/C12H17N3O/c1-9-11(6-3-7-14-9)15-8-4-5-10(13-2)12(15)16/h3,6-7,10,13H,4-5,8H2,1-2H3. The van der Waals surface area contributed by atoms with Crippen molar-refractivity contribution in [2.45, 2.75) is 25.8 Å². The highest BCUT2D eigenvalue weighted by molar-refractivity contribution is 5.98. The number of aromatic nitrogens is 1. The molecule has 0 saturated carbocycles. The van der Waals surface area contributed by atoms with Crippen LogP contribution in [0.3, 0.4) is 0 Å². The molecule has 4 heteroatoms. The number of carbonyl (C=O) groups is 1. The molecule has 1 aliphatic heterocycles. The number of likely N-dealkylation sites (N-methyl/N-ethyl adjacent to an activating group) is 1. The number of hydrogen-bond donors (Lipinski definition) is 1. The summed E-state index contributed by atoms with van der Waals surface area (Å²) in [6, 6.07) is 3.78. The van der Waals surface area contributed by atoms with E-state index in [1.807, 2.05) is 31.0 Å². The molecule has 1 saturated heterocycles. The number of nitrogens with zero attached hydrogens (tertiary/aromatic N) is 2. The molecule has 0 radical (unpaired) electrons. The lowest BCUT2D eigenvalue weighted by molar-refractivity contribution is -0.121. The molecule has 1 amide bonds. The molecule has 0 aromatic carbocycles. The van der Waals surface area contributed by atoms with E-state index in [2.05, 4.69) is 10.3 Å². The maximum absolute atomic E-state index is 12.1. The Morgan fingerprint density at radius 3 is 3.06 bits per heavy atom. The lowest BCUT2D eigenvalue weighted by Crippen LogP contribution is -2.50. The summed E-state index contributed by atoms with van der Waals surface area (Å²) in [7, 11) is 1.84. The molecule has 1 atom stereocenters. The zero-order chi connectivity index (χ0) is 11.5. The molecule has 0 spiro atoms. The van der Waals surface area contributed by atoms with Crippen molar-refractivity contribution in [3.8, 4) is 0 Å². The van der Waals surface area contributed by atoms with Crippen molar-refractivity contribution >= 4 is 11.6 Å². The van der Waals surface area contributed by atoms with Crippen molar-refractivity contribution in [1.29, 1.82) is 0 Å². The first-order valence-corrected chi connectivity index (χ1v) is 5.64. The minimum atomic E-state index is -0.0478. The Balaban J connectivity index is 2.27. The van der Waals surface area contributed by atoms with Crippen LogP contribution in [0.25, 0.3) is 0 Å². The van der Waals surface area contributed by atoms with E-state index in [9.17, 15) is 4.79 Å². The lowest BCUT2D eigenvalue weighted by atomic mass is 10.0. The number of amides is 1. The van der Waals surface area contributed by atoms with Gasteiger partial charge < -0.3 is 10.2 Å². The quantitative estimate of drug-likeness (QED) is 0.810. The van der Waals surface area contributed by atoms with Crippen LogP contribution < -0.4 is 10.2 Å². The second-order valence-electron chi connectivity index (χ2n) is 4.08. The van der Waals surface area contributed by atoms with E-state index in [0.29, 0.717) is 0 Å². The largest absolute Gasteiger partial charge is 0.309 e. The van der Waals surface area contributed by atoms with Gasteiger partial charge in [-0.3, -0.25) is 9.78 Å².